The molecule has 96 valence electrons. The summed E-state index contributed by atoms with van der Waals surface area (Å²) in [6.45, 7) is 5.02. The van der Waals surface area contributed by atoms with Crippen LogP contribution in [0.25, 0.3) is 0 Å². The molecule has 0 fully saturated rings. The van der Waals surface area contributed by atoms with Gasteiger partial charge < -0.3 is 4.74 Å². The van der Waals surface area contributed by atoms with E-state index in [9.17, 15) is 9.18 Å². The number of hydrogen-bond donors (Lipinski definition) is 1. The van der Waals surface area contributed by atoms with Crippen LogP contribution in [0, 0.1) is 17.1 Å². The molecule has 0 bridgehead atoms. The zero-order chi connectivity index (χ0) is 13.9. The van der Waals surface area contributed by atoms with Crippen molar-refractivity contribution in [3.8, 4) is 6.07 Å². The van der Waals surface area contributed by atoms with E-state index in [1.807, 2.05) is 0 Å². The summed E-state index contributed by atoms with van der Waals surface area (Å²) in [6, 6.07) is 4.33. The van der Waals surface area contributed by atoms with Gasteiger partial charge in [0.25, 0.3) is 0 Å². The Balaban J connectivity index is 3.01. The Morgan fingerprint density at radius 3 is 2.61 bits per heavy atom. The molecule has 0 saturated heterocycles. The Kier molecular flexibility index (Phi) is 4.15. The smallest absolute Gasteiger partial charge is 0.412 e. The van der Waals surface area contributed by atoms with Gasteiger partial charge in [0.05, 0.1) is 16.3 Å². The van der Waals surface area contributed by atoms with Gasteiger partial charge in [0, 0.05) is 0 Å². The number of carbonyl (C=O) groups is 1. The van der Waals surface area contributed by atoms with Crippen molar-refractivity contribution in [2.45, 2.75) is 26.4 Å². The molecule has 0 aliphatic heterocycles. The average molecular weight is 271 g/mol. The quantitative estimate of drug-likeness (QED) is 0.846. The maximum Gasteiger partial charge on any atom is 0.412 e. The highest BCUT2D eigenvalue weighted by Crippen LogP contribution is 2.26. The van der Waals surface area contributed by atoms with Crippen LogP contribution in [0.3, 0.4) is 0 Å². The van der Waals surface area contributed by atoms with Crippen LogP contribution in [0.1, 0.15) is 26.3 Å². The average Bonchev–Trinajstić information content (AvgIpc) is 2.22. The minimum atomic E-state index is -0.860. The van der Waals surface area contributed by atoms with Crippen LogP contribution in [-0.4, -0.2) is 11.7 Å². The first kappa shape index (κ1) is 14.3. The van der Waals surface area contributed by atoms with Gasteiger partial charge in [-0.1, -0.05) is 11.6 Å². The Morgan fingerprint density at radius 1 is 1.50 bits per heavy atom. The first-order valence-electron chi connectivity index (χ1n) is 5.12. The number of nitriles is 1. The first-order valence-corrected chi connectivity index (χ1v) is 5.50. The highest BCUT2D eigenvalue weighted by molar-refractivity contribution is 6.31. The fraction of sp³-hybridized carbons (Fsp3) is 0.333. The molecule has 0 aliphatic rings. The summed E-state index contributed by atoms with van der Waals surface area (Å²) in [5, 5.41) is 10.8. The van der Waals surface area contributed by atoms with Gasteiger partial charge in [-0.25, -0.2) is 9.18 Å². The third kappa shape index (κ3) is 3.60. The van der Waals surface area contributed by atoms with Crippen molar-refractivity contribution in [1.82, 2.24) is 0 Å². The monoisotopic (exact) mass is 270 g/mol. The molecule has 1 rings (SSSR count). The second kappa shape index (κ2) is 5.23. The van der Waals surface area contributed by atoms with Crippen molar-refractivity contribution < 1.29 is 13.9 Å². The Hall–Kier alpha value is -1.80. The number of rotatable bonds is 1. The summed E-state index contributed by atoms with van der Waals surface area (Å²) in [7, 11) is 0. The lowest BCUT2D eigenvalue weighted by Gasteiger charge is -2.20. The maximum atomic E-state index is 13.7. The molecule has 0 saturated carbocycles. The Bertz CT molecular complexity index is 518. The molecule has 0 aromatic heterocycles. The molecule has 18 heavy (non-hydrogen) atoms. The second-order valence-electron chi connectivity index (χ2n) is 4.52. The third-order valence-electron chi connectivity index (χ3n) is 1.84. The molecule has 0 radical (unpaired) electrons. The Labute approximate surface area is 109 Å². The normalized spacial score (nSPS) is 10.7. The second-order valence-corrected chi connectivity index (χ2v) is 4.93. The number of benzene rings is 1. The van der Waals surface area contributed by atoms with Crippen molar-refractivity contribution in [3.05, 3.63) is 28.5 Å². The van der Waals surface area contributed by atoms with Gasteiger partial charge in [0.2, 0.25) is 0 Å². The number of hydrogen-bond acceptors (Lipinski definition) is 3. The van der Waals surface area contributed by atoms with E-state index in [-0.39, 0.29) is 16.3 Å². The number of nitrogens with zero attached hydrogens (tertiary/aromatic N) is 1. The molecule has 0 unspecified atom stereocenters. The molecule has 4 nitrogen and oxygen atoms in total. The predicted octanol–water partition coefficient (Wildman–Crippen LogP) is 3.70. The number of carbonyl (C=O) groups excluding carboxylic acids is 1. The Morgan fingerprint density at radius 2 is 2.11 bits per heavy atom. The summed E-state index contributed by atoms with van der Waals surface area (Å²) in [4.78, 5) is 11.5. The number of nitrogens with one attached hydrogen (secondary N) is 1. The molecule has 1 N–H and O–H groups in total. The van der Waals surface area contributed by atoms with Crippen LogP contribution < -0.4 is 5.32 Å². The molecular formula is C12H12ClFN2O2. The van der Waals surface area contributed by atoms with Crippen LogP contribution in [0.15, 0.2) is 12.1 Å². The van der Waals surface area contributed by atoms with E-state index in [4.69, 9.17) is 21.6 Å². The van der Waals surface area contributed by atoms with Crippen molar-refractivity contribution in [2.24, 2.45) is 0 Å². The molecule has 1 aromatic rings. The molecule has 0 spiro atoms. The maximum absolute atomic E-state index is 13.7. The van der Waals surface area contributed by atoms with Gasteiger partial charge in [0.15, 0.2) is 5.82 Å². The van der Waals surface area contributed by atoms with Crippen molar-refractivity contribution in [2.75, 3.05) is 5.32 Å². The van der Waals surface area contributed by atoms with E-state index >= 15 is 0 Å². The summed E-state index contributed by atoms with van der Waals surface area (Å²) in [5.74, 6) is -0.860. The van der Waals surface area contributed by atoms with E-state index in [2.05, 4.69) is 5.32 Å². The van der Waals surface area contributed by atoms with E-state index in [0.29, 0.717) is 0 Å². The van der Waals surface area contributed by atoms with Crippen LogP contribution >= 0.6 is 11.6 Å². The molecule has 6 heteroatoms. The molecule has 0 heterocycles. The highest BCUT2D eigenvalue weighted by atomic mass is 35.5. The van der Waals surface area contributed by atoms with Crippen molar-refractivity contribution >= 4 is 23.4 Å². The minimum absolute atomic E-state index is 0.0252. The van der Waals surface area contributed by atoms with Crippen molar-refractivity contribution in [3.63, 3.8) is 0 Å². The van der Waals surface area contributed by atoms with Gasteiger partial charge in [-0.3, -0.25) is 5.32 Å². The zero-order valence-electron chi connectivity index (χ0n) is 10.2. The lowest BCUT2D eigenvalue weighted by atomic mass is 10.2. The largest absolute Gasteiger partial charge is 0.444 e. The lowest BCUT2D eigenvalue weighted by molar-refractivity contribution is 0.0635. The van der Waals surface area contributed by atoms with E-state index in [1.54, 1.807) is 26.8 Å². The molecule has 0 aliphatic carbocycles. The van der Waals surface area contributed by atoms with Gasteiger partial charge in [0.1, 0.15) is 11.7 Å². The number of halogens is 2. The summed E-state index contributed by atoms with van der Waals surface area (Å²) < 4.78 is 18.7. The predicted molar refractivity (Wildman–Crippen MR) is 66.0 cm³/mol. The first-order chi connectivity index (χ1) is 8.24. The van der Waals surface area contributed by atoms with E-state index in [0.717, 1.165) is 0 Å². The SMILES string of the molecule is CC(C)(C)OC(=O)Nc1c(C#N)ccc(Cl)c1F. The van der Waals surface area contributed by atoms with Crippen LogP contribution in [0.5, 0.6) is 0 Å². The molecular weight excluding hydrogens is 259 g/mol. The summed E-state index contributed by atoms with van der Waals surface area (Å²) in [6.07, 6.45) is -0.847. The summed E-state index contributed by atoms with van der Waals surface area (Å²) in [5.41, 5.74) is -1.02. The number of anilines is 1. The topological polar surface area (TPSA) is 62.1 Å². The molecule has 0 atom stereocenters. The minimum Gasteiger partial charge on any atom is -0.444 e. The molecule has 1 aromatic carbocycles. The summed E-state index contributed by atoms with van der Waals surface area (Å²) >= 11 is 5.58. The number of amides is 1. The highest BCUT2D eigenvalue weighted by Gasteiger charge is 2.20. The van der Waals surface area contributed by atoms with Crippen LogP contribution in [-0.2, 0) is 4.74 Å². The fourth-order valence-corrected chi connectivity index (χ4v) is 1.33. The number of ether oxygens (including phenoxy) is 1. The van der Waals surface area contributed by atoms with Gasteiger partial charge in [-0.15, -0.1) is 0 Å². The van der Waals surface area contributed by atoms with Crippen LogP contribution in [0.4, 0.5) is 14.9 Å². The standard InChI is InChI=1S/C12H12ClFN2O2/c1-12(2,3)18-11(17)16-10-7(6-15)4-5-8(13)9(10)14/h4-5H,1-3H3,(H,16,17). The third-order valence-corrected chi connectivity index (χ3v) is 2.13. The zero-order valence-corrected chi connectivity index (χ0v) is 10.9. The van der Waals surface area contributed by atoms with Crippen LogP contribution in [0.2, 0.25) is 5.02 Å². The molecule has 1 amide bonds. The van der Waals surface area contributed by atoms with E-state index < -0.39 is 17.5 Å². The fourth-order valence-electron chi connectivity index (χ4n) is 1.17. The van der Waals surface area contributed by atoms with Gasteiger partial charge in [-0.05, 0) is 32.9 Å². The van der Waals surface area contributed by atoms with Gasteiger partial charge >= 0.3 is 6.09 Å². The van der Waals surface area contributed by atoms with E-state index in [1.165, 1.54) is 12.1 Å². The lowest BCUT2D eigenvalue weighted by Crippen LogP contribution is -2.27. The van der Waals surface area contributed by atoms with Gasteiger partial charge in [-0.2, -0.15) is 5.26 Å². The van der Waals surface area contributed by atoms with Crippen molar-refractivity contribution in [1.29, 1.82) is 5.26 Å².